The largest absolute Gasteiger partial charge is 0.396 e. The molecule has 0 bridgehead atoms. The molecule has 1 saturated carbocycles. The first-order valence-corrected chi connectivity index (χ1v) is 6.81. The molecule has 0 spiro atoms. The molecular formula is C13H15Cl2NO3. The third-order valence-electron chi connectivity index (χ3n) is 3.40. The van der Waals surface area contributed by atoms with E-state index in [0.717, 1.165) is 0 Å². The van der Waals surface area contributed by atoms with Gasteiger partial charge in [0.05, 0.1) is 16.7 Å². The SMILES string of the molecule is O=C(NC1CC(O)C(CO)C1)c1ccc(Cl)cc1Cl. The molecule has 0 heterocycles. The van der Waals surface area contributed by atoms with E-state index in [1.165, 1.54) is 6.07 Å². The topological polar surface area (TPSA) is 69.6 Å². The van der Waals surface area contributed by atoms with Gasteiger partial charge in [-0.05, 0) is 31.0 Å². The molecule has 4 nitrogen and oxygen atoms in total. The van der Waals surface area contributed by atoms with Crippen molar-refractivity contribution in [3.63, 3.8) is 0 Å². The van der Waals surface area contributed by atoms with Crippen molar-refractivity contribution in [3.8, 4) is 0 Å². The fraction of sp³-hybridized carbons (Fsp3) is 0.462. The molecule has 1 fully saturated rings. The Labute approximate surface area is 121 Å². The third-order valence-corrected chi connectivity index (χ3v) is 3.95. The van der Waals surface area contributed by atoms with Crippen molar-refractivity contribution in [3.05, 3.63) is 33.8 Å². The number of nitrogens with one attached hydrogen (secondary N) is 1. The van der Waals surface area contributed by atoms with E-state index in [-0.39, 0.29) is 24.5 Å². The van der Waals surface area contributed by atoms with Crippen molar-refractivity contribution in [2.45, 2.75) is 25.0 Å². The summed E-state index contributed by atoms with van der Waals surface area (Å²) >= 11 is 11.7. The van der Waals surface area contributed by atoms with Crippen LogP contribution in [-0.2, 0) is 0 Å². The van der Waals surface area contributed by atoms with Crippen LogP contribution in [0.3, 0.4) is 0 Å². The summed E-state index contributed by atoms with van der Waals surface area (Å²) < 4.78 is 0. The molecular weight excluding hydrogens is 289 g/mol. The summed E-state index contributed by atoms with van der Waals surface area (Å²) in [6.45, 7) is -0.0742. The highest BCUT2D eigenvalue weighted by molar-refractivity contribution is 6.36. The van der Waals surface area contributed by atoms with Crippen LogP contribution in [0.1, 0.15) is 23.2 Å². The molecule has 2 rings (SSSR count). The molecule has 3 atom stereocenters. The Balaban J connectivity index is 2.02. The average molecular weight is 304 g/mol. The van der Waals surface area contributed by atoms with Gasteiger partial charge in [-0.3, -0.25) is 4.79 Å². The summed E-state index contributed by atoms with van der Waals surface area (Å²) in [5, 5.41) is 22.3. The van der Waals surface area contributed by atoms with Crippen LogP contribution in [0.5, 0.6) is 0 Å². The second-order valence-electron chi connectivity index (χ2n) is 4.78. The lowest BCUT2D eigenvalue weighted by molar-refractivity contribution is 0.0903. The zero-order chi connectivity index (χ0) is 14.0. The highest BCUT2D eigenvalue weighted by Crippen LogP contribution is 2.27. The molecule has 1 aromatic carbocycles. The number of aliphatic hydroxyl groups excluding tert-OH is 2. The van der Waals surface area contributed by atoms with Gasteiger partial charge in [-0.25, -0.2) is 0 Å². The van der Waals surface area contributed by atoms with Gasteiger partial charge in [0, 0.05) is 23.6 Å². The average Bonchev–Trinajstić information content (AvgIpc) is 2.69. The highest BCUT2D eigenvalue weighted by Gasteiger charge is 2.33. The molecule has 3 unspecified atom stereocenters. The lowest BCUT2D eigenvalue weighted by atomic mass is 10.1. The standard InChI is InChI=1S/C13H15Cl2NO3/c14-8-1-2-10(11(15)4-8)13(19)16-9-3-7(6-17)12(18)5-9/h1-2,4,7,9,12,17-18H,3,5-6H2,(H,16,19). The summed E-state index contributed by atoms with van der Waals surface area (Å²) in [4.78, 5) is 12.1. The Kier molecular flexibility index (Phi) is 4.68. The van der Waals surface area contributed by atoms with Crippen molar-refractivity contribution in [1.29, 1.82) is 0 Å². The maximum absolute atomic E-state index is 12.1. The minimum Gasteiger partial charge on any atom is -0.396 e. The van der Waals surface area contributed by atoms with E-state index in [0.29, 0.717) is 28.5 Å². The molecule has 19 heavy (non-hydrogen) atoms. The fourth-order valence-electron chi connectivity index (χ4n) is 2.35. The second kappa shape index (κ2) is 6.09. The monoisotopic (exact) mass is 303 g/mol. The lowest BCUT2D eigenvalue weighted by Gasteiger charge is -2.13. The molecule has 0 aromatic heterocycles. The van der Waals surface area contributed by atoms with Crippen LogP contribution in [0.25, 0.3) is 0 Å². The first-order chi connectivity index (χ1) is 9.01. The van der Waals surface area contributed by atoms with E-state index in [1.807, 2.05) is 0 Å². The van der Waals surface area contributed by atoms with Crippen LogP contribution in [0, 0.1) is 5.92 Å². The first-order valence-electron chi connectivity index (χ1n) is 6.06. The number of hydrogen-bond donors (Lipinski definition) is 3. The molecule has 1 aromatic rings. The van der Waals surface area contributed by atoms with Gasteiger partial charge in [-0.1, -0.05) is 23.2 Å². The predicted octanol–water partition coefficient (Wildman–Crippen LogP) is 1.85. The molecule has 3 N–H and O–H groups in total. The maximum atomic E-state index is 12.1. The van der Waals surface area contributed by atoms with Crippen LogP contribution in [0.2, 0.25) is 10.0 Å². The number of hydrogen-bond acceptors (Lipinski definition) is 3. The Morgan fingerprint density at radius 3 is 2.68 bits per heavy atom. The summed E-state index contributed by atoms with van der Waals surface area (Å²) in [6.07, 6.45) is 0.438. The van der Waals surface area contributed by atoms with E-state index >= 15 is 0 Å². The Morgan fingerprint density at radius 1 is 1.37 bits per heavy atom. The molecule has 104 valence electrons. The van der Waals surface area contributed by atoms with E-state index in [1.54, 1.807) is 12.1 Å². The number of halogens is 2. The molecule has 1 aliphatic carbocycles. The lowest BCUT2D eigenvalue weighted by Crippen LogP contribution is -2.33. The molecule has 0 aliphatic heterocycles. The van der Waals surface area contributed by atoms with Crippen molar-refractivity contribution in [2.24, 2.45) is 5.92 Å². The van der Waals surface area contributed by atoms with Crippen molar-refractivity contribution in [1.82, 2.24) is 5.32 Å². The van der Waals surface area contributed by atoms with Crippen molar-refractivity contribution < 1.29 is 15.0 Å². The number of aliphatic hydroxyl groups is 2. The van der Waals surface area contributed by atoms with E-state index in [4.69, 9.17) is 28.3 Å². The summed E-state index contributed by atoms with van der Waals surface area (Å²) in [6, 6.07) is 4.53. The molecule has 1 aliphatic rings. The van der Waals surface area contributed by atoms with Crippen LogP contribution >= 0.6 is 23.2 Å². The number of benzene rings is 1. The zero-order valence-electron chi connectivity index (χ0n) is 10.1. The first kappa shape index (κ1) is 14.6. The fourth-order valence-corrected chi connectivity index (χ4v) is 2.85. The van der Waals surface area contributed by atoms with Crippen LogP contribution in [-0.4, -0.2) is 34.9 Å². The smallest absolute Gasteiger partial charge is 0.253 e. The minimum atomic E-state index is -0.573. The van der Waals surface area contributed by atoms with Crippen LogP contribution < -0.4 is 5.32 Å². The summed E-state index contributed by atoms with van der Waals surface area (Å²) in [5.74, 6) is -0.469. The summed E-state index contributed by atoms with van der Waals surface area (Å²) in [5.41, 5.74) is 0.355. The van der Waals surface area contributed by atoms with Gasteiger partial charge >= 0.3 is 0 Å². The van der Waals surface area contributed by atoms with Gasteiger partial charge in [-0.15, -0.1) is 0 Å². The van der Waals surface area contributed by atoms with Gasteiger partial charge in [0.25, 0.3) is 5.91 Å². The zero-order valence-corrected chi connectivity index (χ0v) is 11.7. The maximum Gasteiger partial charge on any atom is 0.253 e. The Hall–Kier alpha value is -0.810. The van der Waals surface area contributed by atoms with Gasteiger partial charge in [0.2, 0.25) is 0 Å². The van der Waals surface area contributed by atoms with E-state index in [9.17, 15) is 9.90 Å². The van der Waals surface area contributed by atoms with Crippen LogP contribution in [0.4, 0.5) is 0 Å². The van der Waals surface area contributed by atoms with Gasteiger partial charge in [0.15, 0.2) is 0 Å². The quantitative estimate of drug-likeness (QED) is 0.798. The van der Waals surface area contributed by atoms with Crippen molar-refractivity contribution in [2.75, 3.05) is 6.61 Å². The third kappa shape index (κ3) is 3.39. The molecule has 1 amide bonds. The van der Waals surface area contributed by atoms with Gasteiger partial charge in [0.1, 0.15) is 0 Å². The number of amides is 1. The second-order valence-corrected chi connectivity index (χ2v) is 5.62. The number of carbonyl (C=O) groups is 1. The Morgan fingerprint density at radius 2 is 2.11 bits per heavy atom. The number of rotatable bonds is 3. The predicted molar refractivity (Wildman–Crippen MR) is 73.5 cm³/mol. The molecule has 0 radical (unpaired) electrons. The van der Waals surface area contributed by atoms with Gasteiger partial charge < -0.3 is 15.5 Å². The number of carbonyl (C=O) groups excluding carboxylic acids is 1. The van der Waals surface area contributed by atoms with Crippen LogP contribution in [0.15, 0.2) is 18.2 Å². The van der Waals surface area contributed by atoms with Gasteiger partial charge in [-0.2, -0.15) is 0 Å². The summed E-state index contributed by atoms with van der Waals surface area (Å²) in [7, 11) is 0. The molecule has 0 saturated heterocycles. The van der Waals surface area contributed by atoms with E-state index in [2.05, 4.69) is 5.32 Å². The normalized spacial score (nSPS) is 26.4. The Bertz CT molecular complexity index is 481. The van der Waals surface area contributed by atoms with Crippen molar-refractivity contribution >= 4 is 29.1 Å². The highest BCUT2D eigenvalue weighted by atomic mass is 35.5. The minimum absolute atomic E-state index is 0.0742. The van der Waals surface area contributed by atoms with E-state index < -0.39 is 6.10 Å². The molecule has 6 heteroatoms.